The number of nitrogens with one attached hydrogen (secondary N) is 1. The number of anilines is 2. The lowest BCUT2D eigenvalue weighted by atomic mass is 10.3. The molecule has 26 heavy (non-hydrogen) atoms. The number of carbonyl (C=O) groups excluding carboxylic acids is 3. The molecule has 1 N–H and O–H groups in total. The third-order valence-corrected chi connectivity index (χ3v) is 4.93. The Morgan fingerprint density at radius 1 is 1.04 bits per heavy atom. The third-order valence-electron chi connectivity index (χ3n) is 3.73. The Hall–Kier alpha value is -2.74. The Labute approximate surface area is 152 Å². The van der Waals surface area contributed by atoms with Gasteiger partial charge < -0.3 is 5.32 Å². The van der Waals surface area contributed by atoms with E-state index in [1.165, 1.54) is 48.5 Å². The third kappa shape index (κ3) is 4.08. The lowest BCUT2D eigenvalue weighted by molar-refractivity contribution is -0.121. The van der Waals surface area contributed by atoms with Crippen molar-refractivity contribution in [2.45, 2.75) is 11.7 Å². The van der Waals surface area contributed by atoms with Crippen molar-refractivity contribution in [2.24, 2.45) is 0 Å². The van der Waals surface area contributed by atoms with Crippen molar-refractivity contribution < 1.29 is 23.2 Å². The van der Waals surface area contributed by atoms with Gasteiger partial charge in [-0.2, -0.15) is 0 Å². The molecule has 8 heteroatoms. The Kier molecular flexibility index (Phi) is 5.32. The topological polar surface area (TPSA) is 66.5 Å². The summed E-state index contributed by atoms with van der Waals surface area (Å²) in [5, 5.41) is 1.92. The van der Waals surface area contributed by atoms with Gasteiger partial charge in [0.25, 0.3) is 0 Å². The van der Waals surface area contributed by atoms with Gasteiger partial charge in [-0.05, 0) is 48.5 Å². The summed E-state index contributed by atoms with van der Waals surface area (Å²) in [5.41, 5.74) is 0.749. The first-order valence-corrected chi connectivity index (χ1v) is 8.78. The van der Waals surface area contributed by atoms with Gasteiger partial charge in [-0.3, -0.25) is 14.4 Å². The average molecular weight is 376 g/mol. The summed E-state index contributed by atoms with van der Waals surface area (Å²) in [6.07, 6.45) is -0.0231. The van der Waals surface area contributed by atoms with Crippen LogP contribution < -0.4 is 10.2 Å². The van der Waals surface area contributed by atoms with Gasteiger partial charge in [-0.1, -0.05) is 0 Å². The number of nitrogens with zero attached hydrogens (tertiary/aromatic N) is 1. The van der Waals surface area contributed by atoms with E-state index in [4.69, 9.17) is 0 Å². The monoisotopic (exact) mass is 376 g/mol. The van der Waals surface area contributed by atoms with Gasteiger partial charge in [0.2, 0.25) is 17.7 Å². The number of carbonyl (C=O) groups is 3. The maximum absolute atomic E-state index is 13.0. The van der Waals surface area contributed by atoms with Crippen LogP contribution in [0.25, 0.3) is 0 Å². The van der Waals surface area contributed by atoms with Crippen LogP contribution in [0.2, 0.25) is 0 Å². The summed E-state index contributed by atoms with van der Waals surface area (Å²) < 4.78 is 25.8. The zero-order valence-corrected chi connectivity index (χ0v) is 14.3. The minimum Gasteiger partial charge on any atom is -0.325 e. The average Bonchev–Trinajstić information content (AvgIpc) is 2.90. The minimum atomic E-state index is -0.675. The number of rotatable bonds is 5. The summed E-state index contributed by atoms with van der Waals surface area (Å²) in [7, 11) is 0. The molecule has 1 heterocycles. The first-order valence-electron chi connectivity index (χ1n) is 7.73. The van der Waals surface area contributed by atoms with Crippen molar-refractivity contribution in [2.75, 3.05) is 16.0 Å². The number of thioether (sulfide) groups is 1. The fraction of sp³-hybridized carbons (Fsp3) is 0.167. The Bertz CT molecular complexity index is 841. The second-order valence-corrected chi connectivity index (χ2v) is 6.79. The maximum atomic E-state index is 13.0. The molecular weight excluding hydrogens is 362 g/mol. The smallest absolute Gasteiger partial charge is 0.247 e. The quantitative estimate of drug-likeness (QED) is 0.815. The van der Waals surface area contributed by atoms with Gasteiger partial charge in [-0.25, -0.2) is 13.7 Å². The van der Waals surface area contributed by atoms with Crippen LogP contribution in [-0.4, -0.2) is 28.7 Å². The molecule has 0 saturated carbocycles. The highest BCUT2D eigenvalue weighted by Crippen LogP contribution is 2.29. The van der Waals surface area contributed by atoms with Gasteiger partial charge >= 0.3 is 0 Å². The molecule has 1 atom stereocenters. The van der Waals surface area contributed by atoms with E-state index < -0.39 is 28.7 Å². The van der Waals surface area contributed by atoms with Crippen LogP contribution in [0.5, 0.6) is 0 Å². The standard InChI is InChI=1S/C18H14F2N2O3S/c19-11-1-5-13(6-2-11)21-16(23)10-26-15-9-17(24)22(18(15)25)14-7-3-12(20)4-8-14/h1-8,15H,9-10H2,(H,21,23)/t15-/m0/s1. The number of hydrogen-bond donors (Lipinski definition) is 1. The molecule has 0 aromatic heterocycles. The predicted molar refractivity (Wildman–Crippen MR) is 94.8 cm³/mol. The van der Waals surface area contributed by atoms with E-state index in [0.717, 1.165) is 16.7 Å². The number of benzene rings is 2. The molecule has 0 radical (unpaired) electrons. The molecule has 3 rings (SSSR count). The minimum absolute atomic E-state index is 0.0231. The van der Waals surface area contributed by atoms with Crippen LogP contribution in [0.1, 0.15) is 6.42 Å². The van der Waals surface area contributed by atoms with Crippen LogP contribution in [-0.2, 0) is 14.4 Å². The van der Waals surface area contributed by atoms with Crippen molar-refractivity contribution in [1.82, 2.24) is 0 Å². The highest BCUT2D eigenvalue weighted by atomic mass is 32.2. The van der Waals surface area contributed by atoms with Crippen molar-refractivity contribution in [3.05, 3.63) is 60.2 Å². The van der Waals surface area contributed by atoms with Gasteiger partial charge in [0.15, 0.2) is 0 Å². The largest absolute Gasteiger partial charge is 0.325 e. The molecule has 3 amide bonds. The van der Waals surface area contributed by atoms with E-state index in [2.05, 4.69) is 5.32 Å². The molecule has 5 nitrogen and oxygen atoms in total. The van der Waals surface area contributed by atoms with Crippen molar-refractivity contribution in [3.8, 4) is 0 Å². The molecule has 1 saturated heterocycles. The van der Waals surface area contributed by atoms with Gasteiger partial charge in [-0.15, -0.1) is 11.8 Å². The van der Waals surface area contributed by atoms with Crippen molar-refractivity contribution in [1.29, 1.82) is 0 Å². The summed E-state index contributed by atoms with van der Waals surface area (Å²) in [4.78, 5) is 37.5. The first kappa shape index (κ1) is 18.1. The molecule has 2 aromatic carbocycles. The zero-order valence-electron chi connectivity index (χ0n) is 13.4. The lowest BCUT2D eigenvalue weighted by Crippen LogP contribution is -2.31. The number of halogens is 2. The second-order valence-electron chi connectivity index (χ2n) is 5.60. The summed E-state index contributed by atoms with van der Waals surface area (Å²) >= 11 is 1.06. The second kappa shape index (κ2) is 7.65. The number of hydrogen-bond acceptors (Lipinski definition) is 4. The van der Waals surface area contributed by atoms with Gasteiger partial charge in [0, 0.05) is 12.1 Å². The summed E-state index contributed by atoms with van der Waals surface area (Å²) in [6.45, 7) is 0. The number of imide groups is 1. The first-order chi connectivity index (χ1) is 12.4. The van der Waals surface area contributed by atoms with E-state index in [-0.39, 0.29) is 18.1 Å². The van der Waals surface area contributed by atoms with Crippen LogP contribution in [0, 0.1) is 11.6 Å². The molecule has 134 valence electrons. The van der Waals surface area contributed by atoms with Gasteiger partial charge in [0.05, 0.1) is 16.7 Å². The molecule has 2 aromatic rings. The SMILES string of the molecule is O=C(CS[C@H]1CC(=O)N(c2ccc(F)cc2)C1=O)Nc1ccc(F)cc1. The lowest BCUT2D eigenvalue weighted by Gasteiger charge is -2.14. The molecule has 1 fully saturated rings. The highest BCUT2D eigenvalue weighted by Gasteiger charge is 2.40. The fourth-order valence-corrected chi connectivity index (χ4v) is 3.44. The van der Waals surface area contributed by atoms with Crippen LogP contribution in [0.4, 0.5) is 20.2 Å². The van der Waals surface area contributed by atoms with Crippen molar-refractivity contribution >= 4 is 40.9 Å². The van der Waals surface area contributed by atoms with E-state index in [1.54, 1.807) is 0 Å². The van der Waals surface area contributed by atoms with Crippen LogP contribution >= 0.6 is 11.8 Å². The summed E-state index contributed by atoms with van der Waals surface area (Å²) in [6, 6.07) is 10.4. The normalized spacial score (nSPS) is 16.8. The Morgan fingerprint density at radius 2 is 1.62 bits per heavy atom. The Morgan fingerprint density at radius 3 is 2.23 bits per heavy atom. The molecule has 1 aliphatic rings. The Balaban J connectivity index is 1.57. The molecule has 1 aliphatic heterocycles. The van der Waals surface area contributed by atoms with E-state index in [0.29, 0.717) is 11.4 Å². The fourth-order valence-electron chi connectivity index (χ4n) is 2.50. The molecule has 0 unspecified atom stereocenters. The van der Waals surface area contributed by atoms with E-state index in [9.17, 15) is 23.2 Å². The van der Waals surface area contributed by atoms with E-state index in [1.807, 2.05) is 0 Å². The number of amides is 3. The predicted octanol–water partition coefficient (Wildman–Crippen LogP) is 2.97. The molecule has 0 bridgehead atoms. The highest BCUT2D eigenvalue weighted by molar-refractivity contribution is 8.01. The maximum Gasteiger partial charge on any atom is 0.247 e. The zero-order chi connectivity index (χ0) is 18.7. The van der Waals surface area contributed by atoms with Gasteiger partial charge in [0.1, 0.15) is 11.6 Å². The molecular formula is C18H14F2N2O3S. The van der Waals surface area contributed by atoms with E-state index >= 15 is 0 Å². The van der Waals surface area contributed by atoms with Crippen LogP contribution in [0.3, 0.4) is 0 Å². The summed E-state index contributed by atoms with van der Waals surface area (Å²) in [5.74, 6) is -2.08. The van der Waals surface area contributed by atoms with Crippen molar-refractivity contribution in [3.63, 3.8) is 0 Å². The van der Waals surface area contributed by atoms with Crippen LogP contribution in [0.15, 0.2) is 48.5 Å². The molecule has 0 aliphatic carbocycles. The molecule has 0 spiro atoms.